The van der Waals surface area contributed by atoms with E-state index in [9.17, 15) is 14.4 Å². The van der Waals surface area contributed by atoms with Crippen LogP contribution < -0.4 is 16.1 Å². The van der Waals surface area contributed by atoms with Crippen LogP contribution in [0.15, 0.2) is 53.3 Å². The molecule has 3 N–H and O–H groups in total. The number of likely N-dealkylation sites (tertiary alicyclic amines) is 1. The predicted molar refractivity (Wildman–Crippen MR) is 137 cm³/mol. The number of esters is 1. The molecule has 36 heavy (non-hydrogen) atoms. The normalized spacial score (nSPS) is 19.9. The molecular weight excluding hydrogens is 460 g/mol. The van der Waals surface area contributed by atoms with E-state index in [1.54, 1.807) is 18.0 Å². The van der Waals surface area contributed by atoms with Gasteiger partial charge in [-0.15, -0.1) is 0 Å². The molecule has 0 saturated carbocycles. The van der Waals surface area contributed by atoms with Gasteiger partial charge in [-0.1, -0.05) is 30.4 Å². The lowest BCUT2D eigenvalue weighted by Gasteiger charge is -2.40. The number of rotatable bonds is 7. The van der Waals surface area contributed by atoms with E-state index in [2.05, 4.69) is 21.2 Å². The van der Waals surface area contributed by atoms with E-state index in [1.807, 2.05) is 47.4 Å². The van der Waals surface area contributed by atoms with Crippen molar-refractivity contribution in [1.82, 2.24) is 20.5 Å². The van der Waals surface area contributed by atoms with Crippen molar-refractivity contribution in [3.63, 3.8) is 0 Å². The Morgan fingerprint density at radius 3 is 2.86 bits per heavy atom. The molecule has 1 unspecified atom stereocenters. The van der Waals surface area contributed by atoms with Crippen LogP contribution in [0, 0.1) is 0 Å². The van der Waals surface area contributed by atoms with Crippen molar-refractivity contribution in [3.05, 3.63) is 53.8 Å². The van der Waals surface area contributed by atoms with Crippen molar-refractivity contribution in [2.75, 3.05) is 31.6 Å². The van der Waals surface area contributed by atoms with Gasteiger partial charge in [0.1, 0.15) is 6.04 Å². The zero-order valence-electron chi connectivity index (χ0n) is 20.6. The number of hydrazone groups is 1. The number of amides is 3. The summed E-state index contributed by atoms with van der Waals surface area (Å²) in [6.07, 6.45) is 9.39. The van der Waals surface area contributed by atoms with E-state index in [4.69, 9.17) is 4.74 Å². The lowest BCUT2D eigenvalue weighted by atomic mass is 10.00. The van der Waals surface area contributed by atoms with E-state index in [0.29, 0.717) is 45.4 Å². The summed E-state index contributed by atoms with van der Waals surface area (Å²) < 4.78 is 5.24. The second-order valence-corrected chi connectivity index (χ2v) is 8.95. The van der Waals surface area contributed by atoms with Crippen LogP contribution in [0.5, 0.6) is 0 Å². The number of allylic oxidation sites excluding steroid dienone is 2. The third-order valence-corrected chi connectivity index (χ3v) is 6.54. The quantitative estimate of drug-likeness (QED) is 0.502. The summed E-state index contributed by atoms with van der Waals surface area (Å²) in [5.74, 6) is -0.561. The van der Waals surface area contributed by atoms with Crippen molar-refractivity contribution in [1.29, 1.82) is 0 Å². The first-order chi connectivity index (χ1) is 17.5. The molecule has 0 aliphatic carbocycles. The van der Waals surface area contributed by atoms with Crippen molar-refractivity contribution in [2.24, 2.45) is 5.10 Å². The van der Waals surface area contributed by atoms with Gasteiger partial charge in [0.15, 0.2) is 0 Å². The van der Waals surface area contributed by atoms with E-state index >= 15 is 0 Å². The molecule has 4 rings (SSSR count). The number of nitrogens with zero attached hydrogens (tertiary/aromatic N) is 3. The van der Waals surface area contributed by atoms with Crippen LogP contribution in [0.4, 0.5) is 10.5 Å². The monoisotopic (exact) mass is 494 g/mol. The van der Waals surface area contributed by atoms with Gasteiger partial charge < -0.3 is 30.6 Å². The van der Waals surface area contributed by atoms with E-state index in [1.165, 1.54) is 0 Å². The summed E-state index contributed by atoms with van der Waals surface area (Å²) in [7, 11) is 0. The van der Waals surface area contributed by atoms with Crippen LogP contribution in [0.25, 0.3) is 0 Å². The summed E-state index contributed by atoms with van der Waals surface area (Å²) >= 11 is 0. The molecule has 3 amide bonds. The van der Waals surface area contributed by atoms with Crippen molar-refractivity contribution >= 4 is 29.8 Å². The fourth-order valence-electron chi connectivity index (χ4n) is 4.65. The predicted octanol–water partition coefficient (Wildman–Crippen LogP) is 2.36. The number of urea groups is 1. The highest BCUT2D eigenvalue weighted by molar-refractivity contribution is 5.92. The SMILES string of the molecule is CCOC(=O)C(CC(=O)N1CCC(N2Cc3ccccc3NC2=O)CC1)NC1=CC/C=N\NCC=C1. The fraction of sp³-hybridized carbons (Fsp3) is 0.462. The minimum Gasteiger partial charge on any atom is -0.464 e. The molecule has 1 atom stereocenters. The molecule has 10 nitrogen and oxygen atoms in total. The van der Waals surface area contributed by atoms with Gasteiger partial charge in [0.05, 0.1) is 19.6 Å². The summed E-state index contributed by atoms with van der Waals surface area (Å²) in [4.78, 5) is 42.1. The van der Waals surface area contributed by atoms with Crippen LogP contribution in [-0.4, -0.2) is 72.2 Å². The van der Waals surface area contributed by atoms with Gasteiger partial charge in [-0.3, -0.25) is 4.79 Å². The highest BCUT2D eigenvalue weighted by Crippen LogP contribution is 2.27. The Labute approximate surface area is 211 Å². The lowest BCUT2D eigenvalue weighted by Crippen LogP contribution is -2.52. The van der Waals surface area contributed by atoms with Gasteiger partial charge in [-0.05, 0) is 37.5 Å². The van der Waals surface area contributed by atoms with Crippen LogP contribution in [0.1, 0.15) is 38.2 Å². The smallest absolute Gasteiger partial charge is 0.329 e. The van der Waals surface area contributed by atoms with Gasteiger partial charge in [0, 0.05) is 49.7 Å². The molecule has 3 aliphatic heterocycles. The number of fused-ring (bicyclic) bond motifs is 1. The maximum Gasteiger partial charge on any atom is 0.329 e. The molecule has 3 heterocycles. The second-order valence-electron chi connectivity index (χ2n) is 8.95. The van der Waals surface area contributed by atoms with Crippen LogP contribution in [0.2, 0.25) is 0 Å². The van der Waals surface area contributed by atoms with Crippen LogP contribution in [0.3, 0.4) is 0 Å². The fourth-order valence-corrected chi connectivity index (χ4v) is 4.65. The Bertz CT molecular complexity index is 1040. The van der Waals surface area contributed by atoms with Gasteiger partial charge in [0.25, 0.3) is 0 Å². The molecule has 1 aromatic carbocycles. The first kappa shape index (κ1) is 25.3. The van der Waals surface area contributed by atoms with Crippen molar-refractivity contribution < 1.29 is 19.1 Å². The number of hydrogen-bond donors (Lipinski definition) is 3. The number of para-hydroxylation sites is 1. The number of anilines is 1. The number of ether oxygens (including phenoxy) is 1. The Balaban J connectivity index is 1.34. The Kier molecular flexibility index (Phi) is 8.59. The number of hydrogen-bond acceptors (Lipinski definition) is 7. The minimum atomic E-state index is -0.791. The third-order valence-electron chi connectivity index (χ3n) is 6.54. The largest absolute Gasteiger partial charge is 0.464 e. The molecule has 0 spiro atoms. The lowest BCUT2D eigenvalue weighted by molar-refractivity contribution is -0.148. The first-order valence-electron chi connectivity index (χ1n) is 12.5. The van der Waals surface area contributed by atoms with Gasteiger partial charge in [0.2, 0.25) is 5.91 Å². The Morgan fingerprint density at radius 2 is 2.06 bits per heavy atom. The first-order valence-corrected chi connectivity index (χ1v) is 12.5. The number of piperidine rings is 1. The molecule has 0 radical (unpaired) electrons. The van der Waals surface area contributed by atoms with Gasteiger partial charge in [-0.25, -0.2) is 9.59 Å². The highest BCUT2D eigenvalue weighted by Gasteiger charge is 2.34. The highest BCUT2D eigenvalue weighted by atomic mass is 16.5. The number of nitrogens with one attached hydrogen (secondary N) is 3. The summed E-state index contributed by atoms with van der Waals surface area (Å²) in [5.41, 5.74) is 5.59. The third kappa shape index (κ3) is 6.44. The zero-order valence-corrected chi connectivity index (χ0v) is 20.6. The number of carbonyl (C=O) groups is 3. The second kappa shape index (κ2) is 12.2. The molecular formula is C26H34N6O4. The topological polar surface area (TPSA) is 115 Å². The standard InChI is InChI=1S/C26H34N6O4/c1-2-36-25(34)23(29-20-8-5-13-27-28-14-6-9-20)17-24(33)31-15-11-21(12-16-31)32-18-19-7-3-4-10-22(19)30-26(32)35/h3-5,7-10,14,21,23,27,29H,2,6,11-13,15-18H2,1H3,(H,30,35)/b8-5?,20-9?,28-14-. The molecule has 1 aromatic rings. The summed E-state index contributed by atoms with van der Waals surface area (Å²) in [6, 6.07) is 6.99. The number of benzene rings is 1. The van der Waals surface area contributed by atoms with Crippen LogP contribution in [-0.2, 0) is 20.9 Å². The molecule has 3 aliphatic rings. The maximum atomic E-state index is 13.2. The van der Waals surface area contributed by atoms with Crippen LogP contribution >= 0.6 is 0 Å². The van der Waals surface area contributed by atoms with E-state index in [0.717, 1.165) is 16.9 Å². The van der Waals surface area contributed by atoms with E-state index in [-0.39, 0.29) is 31.0 Å². The summed E-state index contributed by atoms with van der Waals surface area (Å²) in [5, 5.41) is 10.2. The molecule has 10 heteroatoms. The minimum absolute atomic E-state index is 0.00139. The Hall–Kier alpha value is -3.82. The molecule has 1 saturated heterocycles. The van der Waals surface area contributed by atoms with Gasteiger partial charge in [-0.2, -0.15) is 5.10 Å². The zero-order chi connectivity index (χ0) is 25.3. The van der Waals surface area contributed by atoms with Crippen molar-refractivity contribution in [3.8, 4) is 0 Å². The number of carbonyl (C=O) groups excluding carboxylic acids is 3. The average molecular weight is 495 g/mol. The van der Waals surface area contributed by atoms with Gasteiger partial charge >= 0.3 is 12.0 Å². The molecule has 0 aromatic heterocycles. The summed E-state index contributed by atoms with van der Waals surface area (Å²) in [6.45, 7) is 4.19. The average Bonchev–Trinajstić information content (AvgIpc) is 3.02. The molecule has 1 fully saturated rings. The molecule has 0 bridgehead atoms. The Morgan fingerprint density at radius 1 is 1.25 bits per heavy atom. The molecule has 192 valence electrons. The van der Waals surface area contributed by atoms with E-state index < -0.39 is 12.0 Å². The maximum absolute atomic E-state index is 13.2. The van der Waals surface area contributed by atoms with Crippen molar-refractivity contribution in [2.45, 2.75) is 51.2 Å².